The molecule has 1 saturated heterocycles. The first-order valence-electron chi connectivity index (χ1n) is 6.41. The topological polar surface area (TPSA) is 21.1 Å². The SMILES string of the molecule is Cc1cccc2nc(CCl)n(C3CCN(C)C3)c12. The highest BCUT2D eigenvalue weighted by Crippen LogP contribution is 2.29. The Labute approximate surface area is 112 Å². The monoisotopic (exact) mass is 263 g/mol. The molecule has 0 N–H and O–H groups in total. The van der Waals surface area contributed by atoms with Crippen molar-refractivity contribution in [2.75, 3.05) is 20.1 Å². The fraction of sp³-hybridized carbons (Fsp3) is 0.500. The molecule has 0 radical (unpaired) electrons. The largest absolute Gasteiger partial charge is 0.322 e. The van der Waals surface area contributed by atoms with Crippen molar-refractivity contribution in [3.05, 3.63) is 29.6 Å². The van der Waals surface area contributed by atoms with Gasteiger partial charge in [-0.15, -0.1) is 11.6 Å². The molecule has 3 nitrogen and oxygen atoms in total. The second-order valence-corrected chi connectivity index (χ2v) is 5.45. The van der Waals surface area contributed by atoms with Gasteiger partial charge in [-0.2, -0.15) is 0 Å². The summed E-state index contributed by atoms with van der Waals surface area (Å²) in [5.41, 5.74) is 3.61. The molecule has 0 bridgehead atoms. The van der Waals surface area contributed by atoms with E-state index in [9.17, 15) is 0 Å². The summed E-state index contributed by atoms with van der Waals surface area (Å²) in [5, 5.41) is 0. The van der Waals surface area contributed by atoms with E-state index in [0.717, 1.165) is 24.4 Å². The molecule has 0 saturated carbocycles. The summed E-state index contributed by atoms with van der Waals surface area (Å²) in [6.45, 7) is 4.39. The molecule has 2 heterocycles. The summed E-state index contributed by atoms with van der Waals surface area (Å²) in [6, 6.07) is 6.80. The summed E-state index contributed by atoms with van der Waals surface area (Å²) in [5.74, 6) is 1.48. The van der Waals surface area contributed by atoms with Gasteiger partial charge in [-0.25, -0.2) is 4.98 Å². The number of para-hydroxylation sites is 1. The second-order valence-electron chi connectivity index (χ2n) is 5.18. The van der Waals surface area contributed by atoms with Crippen LogP contribution in [0.15, 0.2) is 18.2 Å². The first-order valence-corrected chi connectivity index (χ1v) is 6.95. The lowest BCUT2D eigenvalue weighted by atomic mass is 10.2. The molecule has 1 unspecified atom stereocenters. The Morgan fingerprint density at radius 3 is 2.94 bits per heavy atom. The molecule has 0 spiro atoms. The van der Waals surface area contributed by atoms with Gasteiger partial charge in [-0.05, 0) is 38.6 Å². The number of hydrogen-bond donors (Lipinski definition) is 0. The third kappa shape index (κ3) is 1.82. The molecule has 0 amide bonds. The molecule has 3 rings (SSSR count). The Hall–Kier alpha value is -1.06. The third-order valence-corrected chi connectivity index (χ3v) is 4.08. The van der Waals surface area contributed by atoms with E-state index < -0.39 is 0 Å². The van der Waals surface area contributed by atoms with Crippen LogP contribution in [0.25, 0.3) is 11.0 Å². The molecular weight excluding hydrogens is 246 g/mol. The van der Waals surface area contributed by atoms with Crippen LogP contribution in [0.5, 0.6) is 0 Å². The van der Waals surface area contributed by atoms with E-state index in [-0.39, 0.29) is 0 Å². The Bertz CT molecular complexity index is 576. The van der Waals surface area contributed by atoms with Crippen molar-refractivity contribution in [1.29, 1.82) is 0 Å². The Kier molecular flexibility index (Phi) is 3.04. The van der Waals surface area contributed by atoms with E-state index in [0.29, 0.717) is 11.9 Å². The molecule has 96 valence electrons. The summed E-state index contributed by atoms with van der Waals surface area (Å²) in [7, 11) is 2.17. The number of likely N-dealkylation sites (tertiary alicyclic amines) is 1. The van der Waals surface area contributed by atoms with Crippen molar-refractivity contribution >= 4 is 22.6 Å². The molecule has 1 aromatic carbocycles. The van der Waals surface area contributed by atoms with Crippen molar-refractivity contribution in [1.82, 2.24) is 14.5 Å². The maximum absolute atomic E-state index is 6.07. The number of halogens is 1. The van der Waals surface area contributed by atoms with Crippen LogP contribution >= 0.6 is 11.6 Å². The van der Waals surface area contributed by atoms with Crippen LogP contribution in [0.1, 0.15) is 23.9 Å². The number of hydrogen-bond acceptors (Lipinski definition) is 2. The predicted octanol–water partition coefficient (Wildman–Crippen LogP) is 2.96. The van der Waals surface area contributed by atoms with Crippen LogP contribution in [-0.2, 0) is 5.88 Å². The van der Waals surface area contributed by atoms with Crippen molar-refractivity contribution in [2.24, 2.45) is 0 Å². The van der Waals surface area contributed by atoms with Crippen molar-refractivity contribution < 1.29 is 0 Å². The molecule has 2 aromatic rings. The lowest BCUT2D eigenvalue weighted by molar-refractivity contribution is 0.393. The van der Waals surface area contributed by atoms with E-state index in [1.54, 1.807) is 0 Å². The average Bonchev–Trinajstić information content (AvgIpc) is 2.92. The minimum absolute atomic E-state index is 0.480. The molecule has 1 aliphatic rings. The number of likely N-dealkylation sites (N-methyl/N-ethyl adjacent to an activating group) is 1. The number of nitrogens with zero attached hydrogens (tertiary/aromatic N) is 3. The van der Waals surface area contributed by atoms with E-state index in [4.69, 9.17) is 11.6 Å². The van der Waals surface area contributed by atoms with E-state index in [1.165, 1.54) is 17.5 Å². The van der Waals surface area contributed by atoms with Gasteiger partial charge in [0.25, 0.3) is 0 Å². The van der Waals surface area contributed by atoms with Crippen molar-refractivity contribution in [2.45, 2.75) is 25.3 Å². The molecular formula is C14H18ClN3. The highest BCUT2D eigenvalue weighted by molar-refractivity contribution is 6.16. The first kappa shape index (κ1) is 12.0. The van der Waals surface area contributed by atoms with Gasteiger partial charge >= 0.3 is 0 Å². The summed E-state index contributed by atoms with van der Waals surface area (Å²) in [4.78, 5) is 7.04. The maximum Gasteiger partial charge on any atom is 0.125 e. The number of alkyl halides is 1. The zero-order valence-corrected chi connectivity index (χ0v) is 11.6. The molecule has 4 heteroatoms. The van der Waals surface area contributed by atoms with Crippen molar-refractivity contribution in [3.8, 4) is 0 Å². The van der Waals surface area contributed by atoms with Crippen LogP contribution in [0, 0.1) is 6.92 Å². The molecule has 0 aliphatic carbocycles. The zero-order valence-electron chi connectivity index (χ0n) is 10.9. The van der Waals surface area contributed by atoms with Gasteiger partial charge in [-0.1, -0.05) is 12.1 Å². The second kappa shape index (κ2) is 4.56. The number of rotatable bonds is 2. The molecule has 1 aliphatic heterocycles. The molecule has 1 aromatic heterocycles. The fourth-order valence-electron chi connectivity index (χ4n) is 2.98. The van der Waals surface area contributed by atoms with Gasteiger partial charge in [0.05, 0.1) is 16.9 Å². The smallest absolute Gasteiger partial charge is 0.125 e. The number of aromatic nitrogens is 2. The van der Waals surface area contributed by atoms with Gasteiger partial charge in [0.2, 0.25) is 0 Å². The van der Waals surface area contributed by atoms with E-state index in [2.05, 4.69) is 46.6 Å². The molecule has 18 heavy (non-hydrogen) atoms. The van der Waals surface area contributed by atoms with Crippen LogP contribution in [0.4, 0.5) is 0 Å². The van der Waals surface area contributed by atoms with Gasteiger partial charge in [0, 0.05) is 12.6 Å². The van der Waals surface area contributed by atoms with Gasteiger partial charge in [0.15, 0.2) is 0 Å². The minimum atomic E-state index is 0.480. The predicted molar refractivity (Wildman–Crippen MR) is 75.2 cm³/mol. The summed E-state index contributed by atoms with van der Waals surface area (Å²) in [6.07, 6.45) is 1.18. The van der Waals surface area contributed by atoms with Gasteiger partial charge < -0.3 is 9.47 Å². The third-order valence-electron chi connectivity index (χ3n) is 3.84. The number of benzene rings is 1. The quantitative estimate of drug-likeness (QED) is 0.777. The normalized spacial score (nSPS) is 20.9. The summed E-state index contributed by atoms with van der Waals surface area (Å²) >= 11 is 6.07. The van der Waals surface area contributed by atoms with E-state index >= 15 is 0 Å². The number of fused-ring (bicyclic) bond motifs is 1. The van der Waals surface area contributed by atoms with Gasteiger partial charge in [0.1, 0.15) is 5.82 Å². The lowest BCUT2D eigenvalue weighted by Gasteiger charge is -2.17. The van der Waals surface area contributed by atoms with Gasteiger partial charge in [-0.3, -0.25) is 0 Å². The first-order chi connectivity index (χ1) is 8.70. The van der Waals surface area contributed by atoms with Crippen molar-refractivity contribution in [3.63, 3.8) is 0 Å². The van der Waals surface area contributed by atoms with E-state index in [1.807, 2.05) is 0 Å². The van der Waals surface area contributed by atoms with Crippen LogP contribution in [0.2, 0.25) is 0 Å². The number of aryl methyl sites for hydroxylation is 1. The zero-order chi connectivity index (χ0) is 12.7. The van der Waals surface area contributed by atoms with Crippen LogP contribution < -0.4 is 0 Å². The van der Waals surface area contributed by atoms with Crippen LogP contribution in [0.3, 0.4) is 0 Å². The molecule has 1 atom stereocenters. The Balaban J connectivity index is 2.19. The highest BCUT2D eigenvalue weighted by atomic mass is 35.5. The fourth-order valence-corrected chi connectivity index (χ4v) is 3.17. The Morgan fingerprint density at radius 1 is 1.44 bits per heavy atom. The van der Waals surface area contributed by atoms with Crippen LogP contribution in [-0.4, -0.2) is 34.6 Å². The minimum Gasteiger partial charge on any atom is -0.322 e. The number of imidazole rings is 1. The highest BCUT2D eigenvalue weighted by Gasteiger charge is 2.25. The Morgan fingerprint density at radius 2 is 2.28 bits per heavy atom. The average molecular weight is 264 g/mol. The standard InChI is InChI=1S/C14H18ClN3/c1-10-4-3-5-12-14(10)18(13(8-15)16-12)11-6-7-17(2)9-11/h3-5,11H,6-9H2,1-2H3. The summed E-state index contributed by atoms with van der Waals surface area (Å²) < 4.78 is 2.36. The molecule has 1 fully saturated rings. The maximum atomic E-state index is 6.07. The lowest BCUT2D eigenvalue weighted by Crippen LogP contribution is -2.17.